The van der Waals surface area contributed by atoms with Crippen LogP contribution in [0.25, 0.3) is 11.1 Å². The third kappa shape index (κ3) is 5.88. The molecule has 3 aromatic rings. The number of nitrogens with one attached hydrogen (secondary N) is 2. The first-order valence-corrected chi connectivity index (χ1v) is 12.1. The molecule has 2 N–H and O–H groups in total. The van der Waals surface area contributed by atoms with Gasteiger partial charge in [-0.1, -0.05) is 48.5 Å². The summed E-state index contributed by atoms with van der Waals surface area (Å²) in [7, 11) is 4.26. The number of amides is 2. The highest BCUT2D eigenvalue weighted by Gasteiger charge is 2.30. The number of fused-ring (bicyclic) bond motifs is 3. The Morgan fingerprint density at radius 1 is 0.868 bits per heavy atom. The Kier molecular flexibility index (Phi) is 8.47. The van der Waals surface area contributed by atoms with E-state index in [9.17, 15) is 14.4 Å². The van der Waals surface area contributed by atoms with Crippen molar-refractivity contribution in [2.45, 2.75) is 24.9 Å². The second kappa shape index (κ2) is 12.1. The van der Waals surface area contributed by atoms with Gasteiger partial charge in [0.1, 0.15) is 24.1 Å². The molecule has 0 radical (unpaired) electrons. The van der Waals surface area contributed by atoms with Crippen LogP contribution in [0.15, 0.2) is 66.7 Å². The van der Waals surface area contributed by atoms with Gasteiger partial charge >= 0.3 is 12.1 Å². The normalized spacial score (nSPS) is 12.5. The lowest BCUT2D eigenvalue weighted by Gasteiger charge is -2.18. The van der Waals surface area contributed by atoms with Gasteiger partial charge in [0.25, 0.3) is 0 Å². The van der Waals surface area contributed by atoms with E-state index in [0.717, 1.165) is 27.8 Å². The van der Waals surface area contributed by atoms with Crippen molar-refractivity contribution in [3.63, 3.8) is 0 Å². The summed E-state index contributed by atoms with van der Waals surface area (Å²) < 4.78 is 20.8. The minimum atomic E-state index is -1.21. The number of ether oxygens (including phenoxy) is 4. The smallest absolute Gasteiger partial charge is 0.407 e. The summed E-state index contributed by atoms with van der Waals surface area (Å²) >= 11 is 0. The molecule has 198 valence electrons. The van der Waals surface area contributed by atoms with Crippen LogP contribution >= 0.6 is 0 Å². The van der Waals surface area contributed by atoms with E-state index in [-0.39, 0.29) is 25.5 Å². The monoisotopic (exact) mass is 518 g/mol. The first kappa shape index (κ1) is 26.5. The summed E-state index contributed by atoms with van der Waals surface area (Å²) in [4.78, 5) is 37.6. The lowest BCUT2D eigenvalue weighted by molar-refractivity contribution is -0.144. The van der Waals surface area contributed by atoms with Gasteiger partial charge in [0, 0.05) is 24.1 Å². The Morgan fingerprint density at radius 2 is 1.53 bits per heavy atom. The number of rotatable bonds is 10. The fraction of sp³-hybridized carbons (Fsp3) is 0.276. The van der Waals surface area contributed by atoms with Gasteiger partial charge in [0.05, 0.1) is 27.8 Å². The third-order valence-corrected chi connectivity index (χ3v) is 6.48. The zero-order chi connectivity index (χ0) is 27.1. The molecule has 9 nitrogen and oxygen atoms in total. The largest absolute Gasteiger partial charge is 0.497 e. The van der Waals surface area contributed by atoms with Gasteiger partial charge in [-0.2, -0.15) is 0 Å². The van der Waals surface area contributed by atoms with Crippen molar-refractivity contribution in [2.24, 2.45) is 0 Å². The first-order valence-electron chi connectivity index (χ1n) is 12.1. The lowest BCUT2D eigenvalue weighted by Crippen LogP contribution is -2.45. The van der Waals surface area contributed by atoms with Gasteiger partial charge in [-0.15, -0.1) is 0 Å². The maximum Gasteiger partial charge on any atom is 0.407 e. The van der Waals surface area contributed by atoms with Gasteiger partial charge in [0.15, 0.2) is 0 Å². The van der Waals surface area contributed by atoms with Crippen LogP contribution in [0.3, 0.4) is 0 Å². The first-order chi connectivity index (χ1) is 18.4. The fourth-order valence-electron chi connectivity index (χ4n) is 4.57. The van der Waals surface area contributed by atoms with Gasteiger partial charge in [-0.3, -0.25) is 4.79 Å². The van der Waals surface area contributed by atoms with Gasteiger partial charge < -0.3 is 29.6 Å². The van der Waals surface area contributed by atoms with Crippen LogP contribution in [0.5, 0.6) is 11.5 Å². The molecule has 0 spiro atoms. The predicted octanol–water partition coefficient (Wildman–Crippen LogP) is 3.79. The number of hydrogen-bond donors (Lipinski definition) is 2. The summed E-state index contributed by atoms with van der Waals surface area (Å²) in [6.07, 6.45) is -1.14. The van der Waals surface area contributed by atoms with Crippen molar-refractivity contribution in [3.8, 4) is 22.6 Å². The topological polar surface area (TPSA) is 112 Å². The Bertz CT molecular complexity index is 1280. The Hall–Kier alpha value is -4.53. The number of esters is 1. The van der Waals surface area contributed by atoms with Crippen LogP contribution in [-0.4, -0.2) is 51.9 Å². The van der Waals surface area contributed by atoms with Crippen LogP contribution in [0, 0.1) is 0 Å². The molecule has 0 aromatic heterocycles. The molecule has 1 aliphatic carbocycles. The molecule has 4 rings (SSSR count). The van der Waals surface area contributed by atoms with E-state index in [1.165, 1.54) is 14.2 Å². The van der Waals surface area contributed by atoms with Crippen molar-refractivity contribution in [1.29, 1.82) is 0 Å². The van der Waals surface area contributed by atoms with Crippen molar-refractivity contribution in [1.82, 2.24) is 10.6 Å². The van der Waals surface area contributed by atoms with Crippen LogP contribution in [0.2, 0.25) is 0 Å². The van der Waals surface area contributed by atoms with Crippen molar-refractivity contribution in [2.75, 3.05) is 27.9 Å². The highest BCUT2D eigenvalue weighted by Crippen LogP contribution is 2.44. The Morgan fingerprint density at radius 3 is 2.13 bits per heavy atom. The van der Waals surface area contributed by atoms with Gasteiger partial charge in [-0.25, -0.2) is 9.59 Å². The van der Waals surface area contributed by atoms with Gasteiger partial charge in [0.2, 0.25) is 5.91 Å². The Labute approximate surface area is 221 Å². The fourth-order valence-corrected chi connectivity index (χ4v) is 4.57. The van der Waals surface area contributed by atoms with Crippen LogP contribution in [0.4, 0.5) is 4.79 Å². The minimum absolute atomic E-state index is 0.0806. The molecule has 0 saturated heterocycles. The average Bonchev–Trinajstić information content (AvgIpc) is 3.27. The molecule has 3 aromatic carbocycles. The molecule has 0 aliphatic heterocycles. The zero-order valence-corrected chi connectivity index (χ0v) is 21.5. The van der Waals surface area contributed by atoms with E-state index < -0.39 is 24.0 Å². The summed E-state index contributed by atoms with van der Waals surface area (Å²) in [5.41, 5.74) is 5.07. The average molecular weight is 519 g/mol. The lowest BCUT2D eigenvalue weighted by atomic mass is 9.98. The molecule has 38 heavy (non-hydrogen) atoms. The Balaban J connectivity index is 1.35. The van der Waals surface area contributed by atoms with Gasteiger partial charge in [-0.05, 0) is 34.4 Å². The van der Waals surface area contributed by atoms with E-state index in [1.54, 1.807) is 25.3 Å². The van der Waals surface area contributed by atoms with E-state index in [2.05, 4.69) is 10.6 Å². The SMILES string of the molecule is COC(=O)[C@H](CC(=O)NCc1ccc(OC)cc1OC)NC(=O)OCC1c2ccccc2-c2ccccc21. The van der Waals surface area contributed by atoms with Crippen molar-refractivity contribution < 1.29 is 33.3 Å². The predicted molar refractivity (Wildman–Crippen MR) is 140 cm³/mol. The van der Waals surface area contributed by atoms with E-state index in [0.29, 0.717) is 11.5 Å². The quantitative estimate of drug-likeness (QED) is 0.393. The molecule has 1 atom stereocenters. The molecular weight excluding hydrogens is 488 g/mol. The van der Waals surface area contributed by atoms with Crippen molar-refractivity contribution >= 4 is 18.0 Å². The molecule has 0 bridgehead atoms. The number of benzene rings is 3. The van der Waals surface area contributed by atoms with E-state index in [1.807, 2.05) is 48.5 Å². The summed E-state index contributed by atoms with van der Waals surface area (Å²) in [5.74, 6) is -0.179. The van der Waals surface area contributed by atoms with E-state index in [4.69, 9.17) is 18.9 Å². The summed E-state index contributed by atoms with van der Waals surface area (Å²) in [6.45, 7) is 0.238. The third-order valence-electron chi connectivity index (χ3n) is 6.48. The molecule has 0 unspecified atom stereocenters. The molecule has 9 heteroatoms. The standard InChI is InChI=1S/C29H30N2O7/c1-35-19-13-12-18(26(14-19)36-2)16-30-27(32)15-25(28(33)37-3)31-29(34)38-17-24-22-10-6-4-8-20(22)21-9-5-7-11-23(21)24/h4-14,24-25H,15-17H2,1-3H3,(H,30,32)(H,31,34)/t25-/m0/s1. The molecule has 0 fully saturated rings. The van der Waals surface area contributed by atoms with E-state index >= 15 is 0 Å². The minimum Gasteiger partial charge on any atom is -0.497 e. The molecule has 2 amide bonds. The van der Waals surface area contributed by atoms with Crippen LogP contribution in [-0.2, 0) is 25.6 Å². The second-order valence-corrected chi connectivity index (χ2v) is 8.70. The molecule has 1 aliphatic rings. The second-order valence-electron chi connectivity index (χ2n) is 8.70. The highest BCUT2D eigenvalue weighted by molar-refractivity contribution is 5.88. The number of alkyl carbamates (subject to hydrolysis) is 1. The molecule has 0 saturated carbocycles. The maximum absolute atomic E-state index is 12.7. The zero-order valence-electron chi connectivity index (χ0n) is 21.5. The van der Waals surface area contributed by atoms with Crippen LogP contribution < -0.4 is 20.1 Å². The highest BCUT2D eigenvalue weighted by atomic mass is 16.6. The number of carbonyl (C=O) groups is 3. The number of hydrogen-bond acceptors (Lipinski definition) is 7. The molecular formula is C29H30N2O7. The molecule has 0 heterocycles. The summed E-state index contributed by atoms with van der Waals surface area (Å²) in [5, 5.41) is 5.20. The van der Waals surface area contributed by atoms with Crippen molar-refractivity contribution in [3.05, 3.63) is 83.4 Å². The number of methoxy groups -OCH3 is 3. The number of carbonyl (C=O) groups excluding carboxylic acids is 3. The van der Waals surface area contributed by atoms with Crippen LogP contribution in [0.1, 0.15) is 29.0 Å². The summed E-state index contributed by atoms with van der Waals surface area (Å²) in [6, 6.07) is 20.0. The maximum atomic E-state index is 12.7.